The zero-order chi connectivity index (χ0) is 9.94. The number of hydrogen-bond donors (Lipinski definition) is 1. The molecular weight excluding hydrogens is 164 g/mol. The van der Waals surface area contributed by atoms with Crippen molar-refractivity contribution in [2.75, 3.05) is 0 Å². The predicted molar refractivity (Wildman–Crippen MR) is 54.6 cm³/mol. The van der Waals surface area contributed by atoms with Gasteiger partial charge in [0.2, 0.25) is 0 Å². The number of rotatable bonds is 8. The van der Waals surface area contributed by atoms with Crippen LogP contribution in [0, 0.1) is 0 Å². The van der Waals surface area contributed by atoms with Gasteiger partial charge in [-0.05, 0) is 31.8 Å². The van der Waals surface area contributed by atoms with E-state index >= 15 is 0 Å². The molecule has 0 aliphatic carbocycles. The van der Waals surface area contributed by atoms with Crippen LogP contribution in [0.1, 0.15) is 45.4 Å². The number of unbranched alkanes of at least 4 members (excludes halogenated alkanes) is 2. The largest absolute Gasteiger partial charge is 0.393 e. The van der Waals surface area contributed by atoms with Crippen LogP contribution in [-0.4, -0.2) is 17.5 Å². The molecule has 13 heavy (non-hydrogen) atoms. The molecule has 0 aliphatic heterocycles. The lowest BCUT2D eigenvalue weighted by atomic mass is 10.1. The van der Waals surface area contributed by atoms with E-state index in [9.17, 15) is 9.90 Å². The van der Waals surface area contributed by atoms with Crippen LogP contribution < -0.4 is 0 Å². The van der Waals surface area contributed by atoms with E-state index in [2.05, 4.69) is 6.92 Å². The third-order valence-electron chi connectivity index (χ3n) is 2.01. The monoisotopic (exact) mass is 184 g/mol. The molecule has 0 aliphatic rings. The Labute approximate surface area is 80.7 Å². The molecule has 76 valence electrons. The summed E-state index contributed by atoms with van der Waals surface area (Å²) in [5.74, 6) is 0. The van der Waals surface area contributed by atoms with E-state index in [1.807, 2.05) is 6.08 Å². The maximum atomic E-state index is 9.91. The number of aliphatic hydroxyl groups excluding tert-OH is 1. The molecule has 1 unspecified atom stereocenters. The molecule has 0 saturated carbocycles. The van der Waals surface area contributed by atoms with Gasteiger partial charge in [-0.15, -0.1) is 0 Å². The molecule has 0 rings (SSSR count). The van der Waals surface area contributed by atoms with Gasteiger partial charge in [-0.3, -0.25) is 4.79 Å². The highest BCUT2D eigenvalue weighted by molar-refractivity contribution is 5.64. The fourth-order valence-electron chi connectivity index (χ4n) is 1.21. The smallest absolute Gasteiger partial charge is 0.142 e. The first kappa shape index (κ1) is 12.4. The van der Waals surface area contributed by atoms with E-state index in [0.717, 1.165) is 44.8 Å². The Morgan fingerprint density at radius 1 is 1.31 bits per heavy atom. The minimum atomic E-state index is -0.149. The lowest BCUT2D eigenvalue weighted by Gasteiger charge is -2.07. The Hall–Kier alpha value is -0.630. The molecule has 2 nitrogen and oxygen atoms in total. The average Bonchev–Trinajstić information content (AvgIpc) is 2.14. The quantitative estimate of drug-likeness (QED) is 0.357. The summed E-state index contributed by atoms with van der Waals surface area (Å²) in [5, 5.41) is 9.44. The minimum Gasteiger partial charge on any atom is -0.393 e. The van der Waals surface area contributed by atoms with Crippen molar-refractivity contribution in [1.82, 2.24) is 0 Å². The summed E-state index contributed by atoms with van der Waals surface area (Å²) in [7, 11) is 0. The van der Waals surface area contributed by atoms with Gasteiger partial charge in [0.15, 0.2) is 0 Å². The Bertz CT molecular complexity index is 141. The van der Waals surface area contributed by atoms with E-state index in [0.29, 0.717) is 0 Å². The molecule has 0 saturated heterocycles. The van der Waals surface area contributed by atoms with Crippen molar-refractivity contribution < 1.29 is 9.90 Å². The van der Waals surface area contributed by atoms with Crippen molar-refractivity contribution in [2.24, 2.45) is 0 Å². The molecule has 0 heterocycles. The SMILES string of the molecule is CCCCC(O)CCCC=CC=O. The number of aliphatic hydroxyl groups is 1. The fourth-order valence-corrected chi connectivity index (χ4v) is 1.21. The molecule has 0 aromatic carbocycles. The Morgan fingerprint density at radius 3 is 2.62 bits per heavy atom. The van der Waals surface area contributed by atoms with Gasteiger partial charge in [-0.1, -0.05) is 25.8 Å². The van der Waals surface area contributed by atoms with Gasteiger partial charge < -0.3 is 5.11 Å². The maximum Gasteiger partial charge on any atom is 0.142 e. The minimum absolute atomic E-state index is 0.149. The lowest BCUT2D eigenvalue weighted by Crippen LogP contribution is -2.05. The van der Waals surface area contributed by atoms with Crippen LogP contribution >= 0.6 is 0 Å². The van der Waals surface area contributed by atoms with Crippen LogP contribution in [0.4, 0.5) is 0 Å². The van der Waals surface area contributed by atoms with E-state index in [1.165, 1.54) is 6.08 Å². The van der Waals surface area contributed by atoms with Crippen LogP contribution in [0.25, 0.3) is 0 Å². The molecule has 0 spiro atoms. The molecule has 0 radical (unpaired) electrons. The van der Waals surface area contributed by atoms with Crippen LogP contribution in [0.2, 0.25) is 0 Å². The van der Waals surface area contributed by atoms with Gasteiger partial charge in [0.1, 0.15) is 6.29 Å². The molecule has 1 N–H and O–H groups in total. The predicted octanol–water partition coefficient (Wildman–Crippen LogP) is 2.46. The molecule has 0 aromatic rings. The molecule has 1 atom stereocenters. The van der Waals surface area contributed by atoms with E-state index < -0.39 is 0 Å². The van der Waals surface area contributed by atoms with Crippen LogP contribution in [0.5, 0.6) is 0 Å². The van der Waals surface area contributed by atoms with Gasteiger partial charge in [-0.2, -0.15) is 0 Å². The standard InChI is InChI=1S/C11H20O2/c1-2-3-8-11(13)9-6-4-5-7-10-12/h5,7,10-11,13H,2-4,6,8-9H2,1H3. The summed E-state index contributed by atoms with van der Waals surface area (Å²) in [5.41, 5.74) is 0. The number of carbonyl (C=O) groups excluding carboxylic acids is 1. The third kappa shape index (κ3) is 9.28. The van der Waals surface area contributed by atoms with E-state index in [1.54, 1.807) is 0 Å². The number of carbonyl (C=O) groups is 1. The molecular formula is C11H20O2. The van der Waals surface area contributed by atoms with Crippen molar-refractivity contribution in [3.05, 3.63) is 12.2 Å². The van der Waals surface area contributed by atoms with Crippen molar-refractivity contribution in [3.63, 3.8) is 0 Å². The van der Waals surface area contributed by atoms with Crippen LogP contribution in [0.3, 0.4) is 0 Å². The summed E-state index contributed by atoms with van der Waals surface area (Å²) in [6.07, 6.45) is 9.86. The van der Waals surface area contributed by atoms with Crippen LogP contribution in [0.15, 0.2) is 12.2 Å². The molecule has 0 amide bonds. The van der Waals surface area contributed by atoms with Gasteiger partial charge in [0.05, 0.1) is 6.10 Å². The highest BCUT2D eigenvalue weighted by atomic mass is 16.3. The average molecular weight is 184 g/mol. The topological polar surface area (TPSA) is 37.3 Å². The first-order chi connectivity index (χ1) is 6.31. The summed E-state index contributed by atoms with van der Waals surface area (Å²) in [6, 6.07) is 0. The van der Waals surface area contributed by atoms with E-state index in [-0.39, 0.29) is 6.10 Å². The molecule has 0 fully saturated rings. The highest BCUT2D eigenvalue weighted by Crippen LogP contribution is 2.08. The Balaban J connectivity index is 3.20. The zero-order valence-electron chi connectivity index (χ0n) is 8.41. The highest BCUT2D eigenvalue weighted by Gasteiger charge is 2.01. The van der Waals surface area contributed by atoms with Crippen molar-refractivity contribution in [3.8, 4) is 0 Å². The molecule has 0 aromatic heterocycles. The van der Waals surface area contributed by atoms with Crippen molar-refractivity contribution in [2.45, 2.75) is 51.6 Å². The normalized spacial score (nSPS) is 13.4. The number of allylic oxidation sites excluding steroid dienone is 2. The van der Waals surface area contributed by atoms with E-state index in [4.69, 9.17) is 0 Å². The van der Waals surface area contributed by atoms with Crippen molar-refractivity contribution in [1.29, 1.82) is 0 Å². The second kappa shape index (κ2) is 9.46. The lowest BCUT2D eigenvalue weighted by molar-refractivity contribution is -0.104. The van der Waals surface area contributed by atoms with Gasteiger partial charge in [0, 0.05) is 0 Å². The third-order valence-corrected chi connectivity index (χ3v) is 2.01. The number of aldehydes is 1. The first-order valence-corrected chi connectivity index (χ1v) is 5.09. The number of hydrogen-bond acceptors (Lipinski definition) is 2. The van der Waals surface area contributed by atoms with Gasteiger partial charge >= 0.3 is 0 Å². The Morgan fingerprint density at radius 2 is 2.00 bits per heavy atom. The second-order valence-corrected chi connectivity index (χ2v) is 3.29. The zero-order valence-corrected chi connectivity index (χ0v) is 8.41. The first-order valence-electron chi connectivity index (χ1n) is 5.09. The van der Waals surface area contributed by atoms with Crippen LogP contribution in [-0.2, 0) is 4.79 Å². The summed E-state index contributed by atoms with van der Waals surface area (Å²) < 4.78 is 0. The summed E-state index contributed by atoms with van der Waals surface area (Å²) >= 11 is 0. The van der Waals surface area contributed by atoms with Gasteiger partial charge in [0.25, 0.3) is 0 Å². The fraction of sp³-hybridized carbons (Fsp3) is 0.727. The molecule has 2 heteroatoms. The van der Waals surface area contributed by atoms with Crippen molar-refractivity contribution >= 4 is 6.29 Å². The summed E-state index contributed by atoms with van der Waals surface area (Å²) in [4.78, 5) is 9.91. The summed E-state index contributed by atoms with van der Waals surface area (Å²) in [6.45, 7) is 2.12. The second-order valence-electron chi connectivity index (χ2n) is 3.29. The Kier molecular flexibility index (Phi) is 9.00. The molecule has 0 bridgehead atoms. The van der Waals surface area contributed by atoms with Gasteiger partial charge in [-0.25, -0.2) is 0 Å². The maximum absolute atomic E-state index is 9.91.